The van der Waals surface area contributed by atoms with Crippen molar-refractivity contribution in [2.45, 2.75) is 11.3 Å². The lowest BCUT2D eigenvalue weighted by molar-refractivity contribution is -0.141. The lowest BCUT2D eigenvalue weighted by Gasteiger charge is -2.10. The quantitative estimate of drug-likeness (QED) is 0.277. The smallest absolute Gasteiger partial charge is 0.320 e. The molecule has 0 radical (unpaired) electrons. The van der Waals surface area contributed by atoms with Gasteiger partial charge in [-0.15, -0.1) is 0 Å². The molecule has 4 nitrogen and oxygen atoms in total. The number of benzene rings is 1. The molecule has 2 rings (SSSR count). The van der Waals surface area contributed by atoms with Gasteiger partial charge in [-0.3, -0.25) is 4.79 Å². The molecule has 1 aromatic carbocycles. The van der Waals surface area contributed by atoms with Gasteiger partial charge < -0.3 is 5.32 Å². The predicted molar refractivity (Wildman–Crippen MR) is 72.6 cm³/mol. The van der Waals surface area contributed by atoms with Gasteiger partial charge in [0.2, 0.25) is 11.7 Å². The monoisotopic (exact) mass is 403 g/mol. The van der Waals surface area contributed by atoms with E-state index in [-0.39, 0.29) is 0 Å². The molecular weight excluding hydrogens is 398 g/mol. The molecule has 1 N–H and O–H groups in total. The highest BCUT2D eigenvalue weighted by Crippen LogP contribution is 2.29. The summed E-state index contributed by atoms with van der Waals surface area (Å²) in [6, 6.07) is 0.582. The molecule has 0 aliphatic heterocycles. The molecule has 0 aliphatic rings. The largest absolute Gasteiger partial charge is 0.433 e. The average Bonchev–Trinajstić information content (AvgIpc) is 2.60. The summed E-state index contributed by atoms with van der Waals surface area (Å²) in [6.45, 7) is 0. The Kier molecular flexibility index (Phi) is 5.68. The highest BCUT2D eigenvalue weighted by Gasteiger charge is 2.33. The third-order valence-corrected chi connectivity index (χ3v) is 3.59. The van der Waals surface area contributed by atoms with Gasteiger partial charge in [-0.1, -0.05) is 11.8 Å². The highest BCUT2D eigenvalue weighted by molar-refractivity contribution is 7.99. The summed E-state index contributed by atoms with van der Waals surface area (Å²) < 4.78 is 103. The molecule has 0 fully saturated rings. The second-order valence-corrected chi connectivity index (χ2v) is 5.45. The maximum absolute atomic E-state index is 13.4. The third kappa shape index (κ3) is 4.20. The molecule has 1 amide bonds. The Bertz CT molecular complexity index is 829. The second-order valence-electron chi connectivity index (χ2n) is 4.50. The number of carbonyl (C=O) groups is 1. The molecule has 0 saturated heterocycles. The number of aromatic nitrogens is 2. The van der Waals surface area contributed by atoms with E-state index >= 15 is 0 Å². The number of nitrogens with one attached hydrogen (secondary N) is 1. The number of hydrogen-bond donors (Lipinski definition) is 1. The van der Waals surface area contributed by atoms with E-state index in [0.29, 0.717) is 17.8 Å². The maximum atomic E-state index is 13.4. The Balaban J connectivity index is 2.12. The van der Waals surface area contributed by atoms with Crippen LogP contribution >= 0.6 is 11.8 Å². The summed E-state index contributed by atoms with van der Waals surface area (Å²) in [5, 5.41) is 0.989. The number of alkyl halides is 3. The van der Waals surface area contributed by atoms with Gasteiger partial charge in [0.05, 0.1) is 5.75 Å². The van der Waals surface area contributed by atoms with Crippen molar-refractivity contribution < 1.29 is 39.9 Å². The Morgan fingerprint density at radius 3 is 2.08 bits per heavy atom. The molecule has 2 aromatic rings. The molecule has 0 aliphatic carbocycles. The molecule has 140 valence electrons. The van der Waals surface area contributed by atoms with Crippen molar-refractivity contribution >= 4 is 23.4 Å². The van der Waals surface area contributed by atoms with E-state index in [1.54, 1.807) is 0 Å². The van der Waals surface area contributed by atoms with Crippen molar-refractivity contribution in [3.63, 3.8) is 0 Å². The highest BCUT2D eigenvalue weighted by atomic mass is 32.2. The number of halogens is 8. The minimum Gasteiger partial charge on any atom is -0.320 e. The van der Waals surface area contributed by atoms with Gasteiger partial charge in [0.15, 0.2) is 28.4 Å². The van der Waals surface area contributed by atoms with Gasteiger partial charge in [0.25, 0.3) is 0 Å². The second kappa shape index (κ2) is 7.43. The summed E-state index contributed by atoms with van der Waals surface area (Å²) in [4.78, 5) is 18.2. The minimum atomic E-state index is -4.75. The standard InChI is InChI=1S/C13H5F8N3OS/c14-6-7(15)9(17)11(10(18)8(6)16)24-5(25)3-26-12-22-2-1-4(23-12)13(19,20)21/h1-2H,3H2,(H,24,25). The van der Waals surface area contributed by atoms with Crippen molar-refractivity contribution in [3.05, 3.63) is 47.0 Å². The molecule has 13 heteroatoms. The van der Waals surface area contributed by atoms with Crippen LogP contribution in [-0.2, 0) is 11.0 Å². The maximum Gasteiger partial charge on any atom is 0.433 e. The molecule has 0 saturated carbocycles. The Labute approximate surface area is 143 Å². The number of thioether (sulfide) groups is 1. The van der Waals surface area contributed by atoms with Crippen molar-refractivity contribution in [2.24, 2.45) is 0 Å². The van der Waals surface area contributed by atoms with Gasteiger partial charge in [0, 0.05) is 6.20 Å². The van der Waals surface area contributed by atoms with Crippen LogP contribution in [0.25, 0.3) is 0 Å². The minimum absolute atomic E-state index is 0.361. The topological polar surface area (TPSA) is 54.9 Å². The summed E-state index contributed by atoms with van der Waals surface area (Å²) in [5.74, 6) is -13.4. The molecular formula is C13H5F8N3OS. The number of nitrogens with zero attached hydrogens (tertiary/aromatic N) is 2. The SMILES string of the molecule is O=C(CSc1nccc(C(F)(F)F)n1)Nc1c(F)c(F)c(F)c(F)c1F. The molecule has 0 spiro atoms. The van der Waals surface area contributed by atoms with Crippen LogP contribution in [0.5, 0.6) is 0 Å². The fourth-order valence-corrected chi connectivity index (χ4v) is 2.22. The van der Waals surface area contributed by atoms with Crippen LogP contribution in [0.1, 0.15) is 5.69 Å². The summed E-state index contributed by atoms with van der Waals surface area (Å²) in [6.07, 6.45) is -3.98. The zero-order valence-electron chi connectivity index (χ0n) is 12.1. The number of carbonyl (C=O) groups excluding carboxylic acids is 1. The molecule has 0 bridgehead atoms. The third-order valence-electron chi connectivity index (χ3n) is 2.73. The first-order valence-electron chi connectivity index (χ1n) is 6.36. The first-order valence-corrected chi connectivity index (χ1v) is 7.35. The van der Waals surface area contributed by atoms with E-state index in [4.69, 9.17) is 0 Å². The van der Waals surface area contributed by atoms with E-state index < -0.39 is 63.5 Å². The zero-order valence-corrected chi connectivity index (χ0v) is 12.9. The normalized spacial score (nSPS) is 11.5. The first kappa shape index (κ1) is 19.9. The number of anilines is 1. The van der Waals surface area contributed by atoms with Crippen LogP contribution < -0.4 is 5.32 Å². The average molecular weight is 403 g/mol. The van der Waals surface area contributed by atoms with E-state index in [1.165, 1.54) is 5.32 Å². The fraction of sp³-hybridized carbons (Fsp3) is 0.154. The predicted octanol–water partition coefficient (Wildman–Crippen LogP) is 3.92. The lowest BCUT2D eigenvalue weighted by Crippen LogP contribution is -2.18. The summed E-state index contributed by atoms with van der Waals surface area (Å²) in [7, 11) is 0. The van der Waals surface area contributed by atoms with Crippen molar-refractivity contribution in [3.8, 4) is 0 Å². The Morgan fingerprint density at radius 2 is 1.54 bits per heavy atom. The summed E-state index contributed by atoms with van der Waals surface area (Å²) >= 11 is 0.361. The number of amides is 1. The van der Waals surface area contributed by atoms with E-state index in [0.717, 1.165) is 6.20 Å². The Hall–Kier alpha value is -2.44. The number of hydrogen-bond acceptors (Lipinski definition) is 4. The summed E-state index contributed by atoms with van der Waals surface area (Å²) in [5.41, 5.74) is -2.85. The van der Waals surface area contributed by atoms with E-state index in [9.17, 15) is 39.9 Å². The van der Waals surface area contributed by atoms with Gasteiger partial charge >= 0.3 is 6.18 Å². The fourth-order valence-electron chi connectivity index (χ4n) is 1.59. The van der Waals surface area contributed by atoms with Crippen LogP contribution in [0, 0.1) is 29.1 Å². The molecule has 1 aromatic heterocycles. The van der Waals surface area contributed by atoms with Gasteiger partial charge in [-0.05, 0) is 6.07 Å². The van der Waals surface area contributed by atoms with Crippen molar-refractivity contribution in [2.75, 3.05) is 11.1 Å². The van der Waals surface area contributed by atoms with Crippen LogP contribution in [0.2, 0.25) is 0 Å². The van der Waals surface area contributed by atoms with Crippen molar-refractivity contribution in [1.29, 1.82) is 0 Å². The van der Waals surface area contributed by atoms with Crippen molar-refractivity contribution in [1.82, 2.24) is 9.97 Å². The first-order chi connectivity index (χ1) is 12.0. The van der Waals surface area contributed by atoms with Gasteiger partial charge in [0.1, 0.15) is 11.4 Å². The van der Waals surface area contributed by atoms with Crippen LogP contribution in [0.15, 0.2) is 17.4 Å². The van der Waals surface area contributed by atoms with Crippen LogP contribution in [0.4, 0.5) is 40.8 Å². The number of rotatable bonds is 4. The van der Waals surface area contributed by atoms with Gasteiger partial charge in [-0.2, -0.15) is 13.2 Å². The van der Waals surface area contributed by atoms with Crippen LogP contribution in [0.3, 0.4) is 0 Å². The zero-order chi connectivity index (χ0) is 19.6. The molecule has 26 heavy (non-hydrogen) atoms. The van der Waals surface area contributed by atoms with Crippen LogP contribution in [-0.4, -0.2) is 21.6 Å². The molecule has 0 unspecified atom stereocenters. The molecule has 1 heterocycles. The van der Waals surface area contributed by atoms with E-state index in [2.05, 4.69) is 9.97 Å². The van der Waals surface area contributed by atoms with Gasteiger partial charge in [-0.25, -0.2) is 31.9 Å². The van der Waals surface area contributed by atoms with E-state index in [1.807, 2.05) is 0 Å². The Morgan fingerprint density at radius 1 is 1.00 bits per heavy atom. The molecule has 0 atom stereocenters. The lowest BCUT2D eigenvalue weighted by atomic mass is 10.2.